The highest BCUT2D eigenvalue weighted by Gasteiger charge is 2.17. The lowest BCUT2D eigenvalue weighted by molar-refractivity contribution is 0.0696. The minimum atomic E-state index is -1.12. The van der Waals surface area contributed by atoms with E-state index in [0.29, 0.717) is 5.57 Å². The van der Waals surface area contributed by atoms with Crippen molar-refractivity contribution in [3.63, 3.8) is 0 Å². The van der Waals surface area contributed by atoms with Crippen LogP contribution in [0.2, 0.25) is 0 Å². The molecule has 0 bridgehead atoms. The molecular weight excluding hydrogens is 339 g/mol. The largest absolute Gasteiger partial charge is 0.493 e. The van der Waals surface area contributed by atoms with Crippen LogP contribution in [0.4, 0.5) is 4.39 Å². The molecule has 0 aliphatic heterocycles. The van der Waals surface area contributed by atoms with E-state index in [9.17, 15) is 14.3 Å². The quantitative estimate of drug-likeness (QED) is 0.629. The van der Waals surface area contributed by atoms with Crippen LogP contribution in [0.1, 0.15) is 29.8 Å². The molecule has 8 heteroatoms. The van der Waals surface area contributed by atoms with Crippen LogP contribution in [0.5, 0.6) is 5.88 Å². The van der Waals surface area contributed by atoms with E-state index in [-0.39, 0.29) is 34.0 Å². The molecular formula is C18H15FN4O3. The maximum atomic E-state index is 14.3. The maximum Gasteiger partial charge on any atom is 0.337 e. The van der Waals surface area contributed by atoms with Crippen LogP contribution < -0.4 is 0 Å². The van der Waals surface area contributed by atoms with Crippen LogP contribution in [0.3, 0.4) is 0 Å². The number of allylic oxidation sites excluding steroid dienone is 5. The van der Waals surface area contributed by atoms with Gasteiger partial charge in [-0.1, -0.05) is 6.58 Å². The van der Waals surface area contributed by atoms with Crippen molar-refractivity contribution in [1.29, 1.82) is 5.26 Å². The Morgan fingerprint density at radius 2 is 2.08 bits per heavy atom. The average Bonchev–Trinajstić information content (AvgIpc) is 3.02. The van der Waals surface area contributed by atoms with E-state index >= 15 is 0 Å². The predicted molar refractivity (Wildman–Crippen MR) is 92.2 cm³/mol. The van der Waals surface area contributed by atoms with Crippen LogP contribution in [0.25, 0.3) is 11.4 Å². The first-order valence-corrected chi connectivity index (χ1v) is 7.39. The highest BCUT2D eigenvalue weighted by atomic mass is 19.1. The van der Waals surface area contributed by atoms with Gasteiger partial charge in [0.2, 0.25) is 5.88 Å². The molecule has 2 N–H and O–H groups in total. The highest BCUT2D eigenvalue weighted by Crippen LogP contribution is 2.32. The molecule has 0 fully saturated rings. The Balaban J connectivity index is 2.50. The Labute approximate surface area is 148 Å². The van der Waals surface area contributed by atoms with Gasteiger partial charge in [0.05, 0.1) is 22.9 Å². The summed E-state index contributed by atoms with van der Waals surface area (Å²) in [6.07, 6.45) is 3.58. The lowest BCUT2D eigenvalue weighted by atomic mass is 10.0. The summed E-state index contributed by atoms with van der Waals surface area (Å²) in [7, 11) is 0. The normalized spacial score (nSPS) is 12.7. The molecule has 0 unspecified atom stereocenters. The van der Waals surface area contributed by atoms with Crippen LogP contribution in [-0.2, 0) is 0 Å². The molecule has 0 aliphatic carbocycles. The predicted octanol–water partition coefficient (Wildman–Crippen LogP) is 3.40. The summed E-state index contributed by atoms with van der Waals surface area (Å²) in [6.45, 7) is 6.44. The molecule has 0 saturated carbocycles. The van der Waals surface area contributed by atoms with Crippen molar-refractivity contribution < 1.29 is 19.4 Å². The summed E-state index contributed by atoms with van der Waals surface area (Å²) in [4.78, 5) is 14.8. The number of carboxylic acid groups (broad SMARTS) is 1. The van der Waals surface area contributed by atoms with Gasteiger partial charge in [-0.2, -0.15) is 15.0 Å². The monoisotopic (exact) mass is 354 g/mol. The number of carboxylic acids is 1. The second kappa shape index (κ2) is 7.44. The van der Waals surface area contributed by atoms with E-state index in [1.54, 1.807) is 13.0 Å². The number of aromatic carboxylic acids is 1. The fourth-order valence-corrected chi connectivity index (χ4v) is 2.16. The Hall–Kier alpha value is -3.73. The summed E-state index contributed by atoms with van der Waals surface area (Å²) in [5, 5.41) is 32.2. The van der Waals surface area contributed by atoms with Crippen LogP contribution in [-0.4, -0.2) is 30.9 Å². The van der Waals surface area contributed by atoms with Crippen molar-refractivity contribution in [1.82, 2.24) is 14.8 Å². The minimum absolute atomic E-state index is 0.00629. The number of carbonyl (C=O) groups is 1. The third-order valence-electron chi connectivity index (χ3n) is 3.81. The van der Waals surface area contributed by atoms with Crippen molar-refractivity contribution in [3.8, 4) is 17.8 Å². The number of pyridine rings is 1. The molecule has 0 aliphatic rings. The van der Waals surface area contributed by atoms with Gasteiger partial charge in [0.15, 0.2) is 5.82 Å². The zero-order chi connectivity index (χ0) is 19.4. The van der Waals surface area contributed by atoms with Crippen LogP contribution in [0.15, 0.2) is 54.2 Å². The zero-order valence-corrected chi connectivity index (χ0v) is 14.1. The molecule has 26 heavy (non-hydrogen) atoms. The Morgan fingerprint density at radius 1 is 1.38 bits per heavy atom. The first-order valence-electron chi connectivity index (χ1n) is 7.39. The van der Waals surface area contributed by atoms with Crippen molar-refractivity contribution >= 4 is 11.5 Å². The second-order valence-electron chi connectivity index (χ2n) is 5.30. The van der Waals surface area contributed by atoms with Gasteiger partial charge in [-0.15, -0.1) is 0 Å². The number of nitrogens with zero attached hydrogens (tertiary/aromatic N) is 4. The molecule has 132 valence electrons. The lowest BCUT2D eigenvalue weighted by Gasteiger charge is -2.07. The van der Waals surface area contributed by atoms with E-state index in [1.165, 1.54) is 25.3 Å². The number of aromatic nitrogens is 3. The fraction of sp³-hybridized carbons (Fsp3) is 0.111. The van der Waals surface area contributed by atoms with Gasteiger partial charge in [-0.05, 0) is 43.2 Å². The van der Waals surface area contributed by atoms with Gasteiger partial charge in [-0.25, -0.2) is 14.2 Å². The Kier molecular flexibility index (Phi) is 5.33. The van der Waals surface area contributed by atoms with Crippen molar-refractivity contribution in [3.05, 3.63) is 65.3 Å². The molecule has 7 nitrogen and oxygen atoms in total. The standard InChI is InChI=1S/C18H15FN4O3/c1-4-12(7-20)16(19)11(3)10(2)14-9-22-23(17(14)24)15-6-5-13(8-21-15)18(25)26/h4-6,8-9,24H,1H2,2-3H3,(H,25,26)/b11-10+,16-12-. The Bertz CT molecular complexity index is 979. The maximum absolute atomic E-state index is 14.3. The van der Waals surface area contributed by atoms with Crippen molar-refractivity contribution in [2.75, 3.05) is 0 Å². The van der Waals surface area contributed by atoms with E-state index in [0.717, 1.165) is 17.0 Å². The van der Waals surface area contributed by atoms with Gasteiger partial charge in [0, 0.05) is 6.20 Å². The van der Waals surface area contributed by atoms with Gasteiger partial charge in [0.1, 0.15) is 11.9 Å². The van der Waals surface area contributed by atoms with Gasteiger partial charge in [0.25, 0.3) is 0 Å². The molecule has 0 amide bonds. The van der Waals surface area contributed by atoms with Crippen molar-refractivity contribution in [2.24, 2.45) is 0 Å². The van der Waals surface area contributed by atoms with E-state index in [2.05, 4.69) is 16.7 Å². The molecule has 0 atom stereocenters. The first kappa shape index (κ1) is 18.6. The molecule has 0 radical (unpaired) electrons. The molecule has 0 saturated heterocycles. The summed E-state index contributed by atoms with van der Waals surface area (Å²) < 4.78 is 15.4. The second-order valence-corrected chi connectivity index (χ2v) is 5.30. The van der Waals surface area contributed by atoms with Gasteiger partial charge in [-0.3, -0.25) is 0 Å². The lowest BCUT2D eigenvalue weighted by Crippen LogP contribution is -2.02. The Morgan fingerprint density at radius 3 is 2.58 bits per heavy atom. The van der Waals surface area contributed by atoms with E-state index in [4.69, 9.17) is 10.4 Å². The SMILES string of the molecule is C=C/C(C#N)=C(F)\C(C)=C(/C)c1cnn(-c2ccc(C(=O)O)cn2)c1O. The zero-order valence-electron chi connectivity index (χ0n) is 14.1. The summed E-state index contributed by atoms with van der Waals surface area (Å²) in [5.74, 6) is -1.95. The minimum Gasteiger partial charge on any atom is -0.493 e. The third-order valence-corrected chi connectivity index (χ3v) is 3.81. The van der Waals surface area contributed by atoms with E-state index in [1.807, 2.05) is 0 Å². The molecule has 2 aromatic rings. The molecule has 0 aromatic carbocycles. The highest BCUT2D eigenvalue weighted by molar-refractivity contribution is 5.87. The van der Waals surface area contributed by atoms with Gasteiger partial charge >= 0.3 is 5.97 Å². The van der Waals surface area contributed by atoms with E-state index < -0.39 is 11.8 Å². The van der Waals surface area contributed by atoms with Crippen molar-refractivity contribution in [2.45, 2.75) is 13.8 Å². The van der Waals surface area contributed by atoms with Crippen LogP contribution in [0, 0.1) is 11.3 Å². The number of aromatic hydroxyl groups is 1. The number of halogens is 1. The number of hydrogen-bond donors (Lipinski definition) is 2. The molecule has 2 aromatic heterocycles. The summed E-state index contributed by atoms with van der Waals surface area (Å²) in [5.41, 5.74) is 0.574. The van der Waals surface area contributed by atoms with Gasteiger partial charge < -0.3 is 10.2 Å². The molecule has 2 rings (SSSR count). The number of nitriles is 1. The third kappa shape index (κ3) is 3.37. The topological polar surface area (TPSA) is 112 Å². The summed E-state index contributed by atoms with van der Waals surface area (Å²) >= 11 is 0. The average molecular weight is 354 g/mol. The summed E-state index contributed by atoms with van der Waals surface area (Å²) in [6, 6.07) is 4.42. The number of rotatable bonds is 5. The smallest absolute Gasteiger partial charge is 0.337 e. The number of hydrogen-bond acceptors (Lipinski definition) is 5. The van der Waals surface area contributed by atoms with Crippen LogP contribution >= 0.6 is 0 Å². The molecule has 2 heterocycles. The fourth-order valence-electron chi connectivity index (χ4n) is 2.16. The first-order chi connectivity index (χ1) is 12.3. The molecule has 0 spiro atoms.